The Bertz CT molecular complexity index is 886. The summed E-state index contributed by atoms with van der Waals surface area (Å²) in [6.45, 7) is 2.78. The molecule has 0 radical (unpaired) electrons. The van der Waals surface area contributed by atoms with Crippen LogP contribution in [0.3, 0.4) is 0 Å². The van der Waals surface area contributed by atoms with Crippen molar-refractivity contribution in [2.24, 2.45) is 0 Å². The monoisotopic (exact) mass is 340 g/mol. The third-order valence-electron chi connectivity index (χ3n) is 3.76. The van der Waals surface area contributed by atoms with Gasteiger partial charge in [0.15, 0.2) is 5.69 Å². The van der Waals surface area contributed by atoms with Crippen molar-refractivity contribution in [2.45, 2.75) is 13.5 Å². The summed E-state index contributed by atoms with van der Waals surface area (Å²) in [5.74, 6) is -0.249. The summed E-state index contributed by atoms with van der Waals surface area (Å²) in [5, 5.41) is 15.4. The number of nitro groups is 1. The van der Waals surface area contributed by atoms with E-state index in [9.17, 15) is 14.9 Å². The molecule has 0 atom stereocenters. The number of amides is 1. The second kappa shape index (κ2) is 7.00. The lowest BCUT2D eigenvalue weighted by Gasteiger charge is -2.18. The van der Waals surface area contributed by atoms with Crippen LogP contribution in [-0.4, -0.2) is 32.1 Å². The second-order valence-electron chi connectivity index (χ2n) is 5.34. The molecule has 1 amide bonds. The SMILES string of the molecule is CCN(Cc1ccoc1)C(=O)c1ccn(-c2ccccc2[N+](=O)[O-])n1. The van der Waals surface area contributed by atoms with E-state index in [1.165, 1.54) is 10.7 Å². The molecule has 25 heavy (non-hydrogen) atoms. The van der Waals surface area contributed by atoms with E-state index in [0.29, 0.717) is 18.8 Å². The first-order valence-electron chi connectivity index (χ1n) is 7.70. The zero-order chi connectivity index (χ0) is 17.8. The van der Waals surface area contributed by atoms with Crippen molar-refractivity contribution in [3.63, 3.8) is 0 Å². The number of benzene rings is 1. The third kappa shape index (κ3) is 3.42. The van der Waals surface area contributed by atoms with E-state index in [-0.39, 0.29) is 17.3 Å². The van der Waals surface area contributed by atoms with Gasteiger partial charge in [0.25, 0.3) is 11.6 Å². The molecule has 128 valence electrons. The third-order valence-corrected chi connectivity index (χ3v) is 3.76. The molecule has 0 aliphatic heterocycles. The Morgan fingerprint density at radius 3 is 2.80 bits per heavy atom. The number of hydrogen-bond acceptors (Lipinski definition) is 5. The Balaban J connectivity index is 1.85. The Labute approximate surface area is 143 Å². The number of hydrogen-bond donors (Lipinski definition) is 0. The van der Waals surface area contributed by atoms with Gasteiger partial charge in [-0.3, -0.25) is 14.9 Å². The average molecular weight is 340 g/mol. The Hall–Kier alpha value is -3.42. The van der Waals surface area contributed by atoms with E-state index in [1.54, 1.807) is 54.0 Å². The number of para-hydroxylation sites is 2. The molecule has 0 saturated heterocycles. The lowest BCUT2D eigenvalue weighted by molar-refractivity contribution is -0.384. The van der Waals surface area contributed by atoms with E-state index in [4.69, 9.17) is 4.42 Å². The second-order valence-corrected chi connectivity index (χ2v) is 5.34. The van der Waals surface area contributed by atoms with Crippen LogP contribution in [-0.2, 0) is 6.54 Å². The van der Waals surface area contributed by atoms with E-state index < -0.39 is 4.92 Å². The fourth-order valence-electron chi connectivity index (χ4n) is 2.48. The first-order valence-corrected chi connectivity index (χ1v) is 7.70. The molecule has 0 N–H and O–H groups in total. The molecule has 0 aliphatic rings. The van der Waals surface area contributed by atoms with Gasteiger partial charge in [0.05, 0.1) is 17.4 Å². The molecule has 8 nitrogen and oxygen atoms in total. The van der Waals surface area contributed by atoms with Gasteiger partial charge in [-0.2, -0.15) is 5.10 Å². The molecule has 8 heteroatoms. The largest absolute Gasteiger partial charge is 0.472 e. The molecule has 1 aromatic carbocycles. The van der Waals surface area contributed by atoms with Crippen LogP contribution in [0.5, 0.6) is 0 Å². The fourth-order valence-corrected chi connectivity index (χ4v) is 2.48. The van der Waals surface area contributed by atoms with Crippen molar-refractivity contribution < 1.29 is 14.1 Å². The van der Waals surface area contributed by atoms with Crippen LogP contribution >= 0.6 is 0 Å². The molecule has 2 aromatic heterocycles. The summed E-state index contributed by atoms with van der Waals surface area (Å²) in [5.41, 5.74) is 1.34. The summed E-state index contributed by atoms with van der Waals surface area (Å²) >= 11 is 0. The Kier molecular flexibility index (Phi) is 4.60. The number of nitro benzene ring substituents is 1. The van der Waals surface area contributed by atoms with Crippen molar-refractivity contribution in [3.8, 4) is 5.69 Å². The summed E-state index contributed by atoms with van der Waals surface area (Å²) in [6.07, 6.45) is 4.68. The van der Waals surface area contributed by atoms with Gasteiger partial charge in [0, 0.05) is 30.9 Å². The number of rotatable bonds is 6. The van der Waals surface area contributed by atoms with Gasteiger partial charge in [-0.1, -0.05) is 12.1 Å². The van der Waals surface area contributed by atoms with Crippen LogP contribution in [0.15, 0.2) is 59.5 Å². The number of furan rings is 1. The van der Waals surface area contributed by atoms with E-state index in [1.807, 2.05) is 6.92 Å². The molecule has 3 aromatic rings. The molecule has 0 fully saturated rings. The van der Waals surface area contributed by atoms with Crippen molar-refractivity contribution in [3.05, 3.63) is 76.5 Å². The zero-order valence-corrected chi connectivity index (χ0v) is 13.5. The Morgan fingerprint density at radius 2 is 2.12 bits per heavy atom. The highest BCUT2D eigenvalue weighted by Gasteiger charge is 2.20. The van der Waals surface area contributed by atoms with Crippen molar-refractivity contribution >= 4 is 11.6 Å². The zero-order valence-electron chi connectivity index (χ0n) is 13.5. The minimum absolute atomic E-state index is 0.0738. The van der Waals surface area contributed by atoms with Crippen LogP contribution < -0.4 is 0 Å². The maximum absolute atomic E-state index is 12.7. The summed E-state index contributed by atoms with van der Waals surface area (Å²) in [6, 6.07) is 9.60. The van der Waals surface area contributed by atoms with Crippen molar-refractivity contribution in [1.29, 1.82) is 0 Å². The summed E-state index contributed by atoms with van der Waals surface area (Å²) in [4.78, 5) is 24.9. The van der Waals surface area contributed by atoms with E-state index in [0.717, 1.165) is 5.56 Å². The number of nitrogens with zero attached hydrogens (tertiary/aromatic N) is 4. The standard InChI is InChI=1S/C17H16N4O4/c1-2-19(11-13-8-10-25-12-13)17(22)14-7-9-20(18-14)15-5-3-4-6-16(15)21(23)24/h3-10,12H,2,11H2,1H3. The van der Waals surface area contributed by atoms with Gasteiger partial charge in [0.1, 0.15) is 5.69 Å². The van der Waals surface area contributed by atoms with Gasteiger partial charge in [-0.15, -0.1) is 0 Å². The van der Waals surface area contributed by atoms with Gasteiger partial charge < -0.3 is 9.32 Å². The normalized spacial score (nSPS) is 10.6. The number of aromatic nitrogens is 2. The minimum atomic E-state index is -0.476. The van der Waals surface area contributed by atoms with Gasteiger partial charge in [0.2, 0.25) is 0 Å². The van der Waals surface area contributed by atoms with Crippen LogP contribution in [0, 0.1) is 10.1 Å². The molecular formula is C17H16N4O4. The topological polar surface area (TPSA) is 94.4 Å². The summed E-state index contributed by atoms with van der Waals surface area (Å²) < 4.78 is 6.37. The number of carbonyl (C=O) groups excluding carboxylic acids is 1. The van der Waals surface area contributed by atoms with Gasteiger partial charge in [-0.05, 0) is 25.1 Å². The first-order chi connectivity index (χ1) is 12.1. The van der Waals surface area contributed by atoms with Crippen LogP contribution in [0.25, 0.3) is 5.69 Å². The lowest BCUT2D eigenvalue weighted by Crippen LogP contribution is -2.30. The average Bonchev–Trinajstić information content (AvgIpc) is 3.30. The van der Waals surface area contributed by atoms with Crippen molar-refractivity contribution in [1.82, 2.24) is 14.7 Å². The van der Waals surface area contributed by atoms with E-state index >= 15 is 0 Å². The Morgan fingerprint density at radius 1 is 1.32 bits per heavy atom. The smallest absolute Gasteiger partial charge is 0.294 e. The van der Waals surface area contributed by atoms with Crippen LogP contribution in [0.4, 0.5) is 5.69 Å². The molecular weight excluding hydrogens is 324 g/mol. The lowest BCUT2D eigenvalue weighted by atomic mass is 10.3. The number of carbonyl (C=O) groups is 1. The molecule has 0 aliphatic carbocycles. The molecule has 0 saturated carbocycles. The highest BCUT2D eigenvalue weighted by molar-refractivity contribution is 5.92. The highest BCUT2D eigenvalue weighted by atomic mass is 16.6. The van der Waals surface area contributed by atoms with E-state index in [2.05, 4.69) is 5.10 Å². The highest BCUT2D eigenvalue weighted by Crippen LogP contribution is 2.22. The molecule has 0 bridgehead atoms. The van der Waals surface area contributed by atoms with Gasteiger partial charge >= 0.3 is 0 Å². The maximum Gasteiger partial charge on any atom is 0.294 e. The minimum Gasteiger partial charge on any atom is -0.472 e. The van der Waals surface area contributed by atoms with Crippen LogP contribution in [0.1, 0.15) is 23.0 Å². The molecule has 3 rings (SSSR count). The maximum atomic E-state index is 12.7. The first kappa shape index (κ1) is 16.4. The summed E-state index contributed by atoms with van der Waals surface area (Å²) in [7, 11) is 0. The fraction of sp³-hybridized carbons (Fsp3) is 0.176. The van der Waals surface area contributed by atoms with Crippen LogP contribution in [0.2, 0.25) is 0 Å². The van der Waals surface area contributed by atoms with Crippen molar-refractivity contribution in [2.75, 3.05) is 6.54 Å². The predicted molar refractivity (Wildman–Crippen MR) is 89.3 cm³/mol. The molecule has 2 heterocycles. The quantitative estimate of drug-likeness (QED) is 0.508. The van der Waals surface area contributed by atoms with Gasteiger partial charge in [-0.25, -0.2) is 4.68 Å². The predicted octanol–water partition coefficient (Wildman–Crippen LogP) is 3.04. The molecule has 0 unspecified atom stereocenters. The molecule has 0 spiro atoms.